The van der Waals surface area contributed by atoms with E-state index in [1.54, 1.807) is 0 Å². The van der Waals surface area contributed by atoms with Crippen molar-refractivity contribution in [2.75, 3.05) is 0 Å². The molecule has 0 N–H and O–H groups in total. The second-order valence-electron chi connectivity index (χ2n) is 11.9. The Morgan fingerprint density at radius 1 is 0.594 bits per heavy atom. The lowest BCUT2D eigenvalue weighted by Gasteiger charge is -2.33. The first kappa shape index (κ1) is 29.3. The first-order chi connectivity index (χ1) is 15.3. The van der Waals surface area contributed by atoms with E-state index >= 15 is 0 Å². The molecule has 1 aromatic rings. The third kappa shape index (κ3) is 13.1. The molecule has 0 radical (unpaired) electrons. The molecule has 0 fully saturated rings. The van der Waals surface area contributed by atoms with Gasteiger partial charge in [0.15, 0.2) is 0 Å². The molecule has 0 spiro atoms. The zero-order chi connectivity index (χ0) is 23.8. The standard InChI is InChI=1S/C32H58/c1-8-32(9-2,26-31-22-11-10-12-23-31)25-24-30(7)21-15-20-29(6)19-14-18-28(5)17-13-16-27(3)4/h10-12,22-23,27-30H,8-9,13-21,24-26H2,1-7H3. The quantitative estimate of drug-likeness (QED) is 0.200. The van der Waals surface area contributed by atoms with Gasteiger partial charge in [0.25, 0.3) is 0 Å². The summed E-state index contributed by atoms with van der Waals surface area (Å²) in [7, 11) is 0. The van der Waals surface area contributed by atoms with Crippen LogP contribution < -0.4 is 0 Å². The van der Waals surface area contributed by atoms with E-state index < -0.39 is 0 Å². The zero-order valence-corrected chi connectivity index (χ0v) is 23.1. The fraction of sp³-hybridized carbons (Fsp3) is 0.812. The van der Waals surface area contributed by atoms with Gasteiger partial charge in [-0.15, -0.1) is 0 Å². The molecule has 0 amide bonds. The Morgan fingerprint density at radius 3 is 1.47 bits per heavy atom. The van der Waals surface area contributed by atoms with Crippen LogP contribution in [0.5, 0.6) is 0 Å². The van der Waals surface area contributed by atoms with Gasteiger partial charge in [0, 0.05) is 0 Å². The highest BCUT2D eigenvalue weighted by Crippen LogP contribution is 2.37. The molecule has 0 aliphatic rings. The molecule has 3 atom stereocenters. The SMILES string of the molecule is CCC(CC)(CCC(C)CCCC(C)CCCC(C)CCCC(C)C)Cc1ccccc1. The average Bonchev–Trinajstić information content (AvgIpc) is 2.77. The van der Waals surface area contributed by atoms with E-state index in [0.29, 0.717) is 5.41 Å². The van der Waals surface area contributed by atoms with Crippen molar-refractivity contribution in [1.82, 2.24) is 0 Å². The summed E-state index contributed by atoms with van der Waals surface area (Å²) < 4.78 is 0. The summed E-state index contributed by atoms with van der Waals surface area (Å²) in [5, 5.41) is 0. The lowest BCUT2D eigenvalue weighted by Crippen LogP contribution is -2.23. The first-order valence-electron chi connectivity index (χ1n) is 14.3. The predicted molar refractivity (Wildman–Crippen MR) is 146 cm³/mol. The van der Waals surface area contributed by atoms with Crippen LogP contribution >= 0.6 is 0 Å². The summed E-state index contributed by atoms with van der Waals surface area (Å²) in [4.78, 5) is 0. The summed E-state index contributed by atoms with van der Waals surface area (Å²) in [6, 6.07) is 11.2. The first-order valence-corrected chi connectivity index (χ1v) is 14.3. The molecule has 0 nitrogen and oxygen atoms in total. The Balaban J connectivity index is 2.21. The van der Waals surface area contributed by atoms with Crippen LogP contribution in [0.1, 0.15) is 138 Å². The van der Waals surface area contributed by atoms with Crippen LogP contribution in [0.3, 0.4) is 0 Å². The minimum absolute atomic E-state index is 0.495. The predicted octanol–water partition coefficient (Wildman–Crippen LogP) is 10.9. The van der Waals surface area contributed by atoms with E-state index in [1.165, 1.54) is 95.5 Å². The Labute approximate surface area is 203 Å². The van der Waals surface area contributed by atoms with Crippen LogP contribution in [-0.2, 0) is 6.42 Å². The molecule has 0 aliphatic heterocycles. The van der Waals surface area contributed by atoms with Gasteiger partial charge in [0.2, 0.25) is 0 Å². The third-order valence-electron chi connectivity index (χ3n) is 8.36. The second kappa shape index (κ2) is 16.8. The maximum atomic E-state index is 2.50. The van der Waals surface area contributed by atoms with Crippen molar-refractivity contribution in [3.63, 3.8) is 0 Å². The van der Waals surface area contributed by atoms with Crippen molar-refractivity contribution in [2.24, 2.45) is 29.1 Å². The Bertz CT molecular complexity index is 538. The van der Waals surface area contributed by atoms with Gasteiger partial charge in [-0.2, -0.15) is 0 Å². The van der Waals surface area contributed by atoms with E-state index in [2.05, 4.69) is 78.8 Å². The molecule has 0 heterocycles. The molecular weight excluding hydrogens is 384 g/mol. The van der Waals surface area contributed by atoms with Gasteiger partial charge in [0.1, 0.15) is 0 Å². The van der Waals surface area contributed by atoms with Gasteiger partial charge in [-0.3, -0.25) is 0 Å². The smallest absolute Gasteiger partial charge is 0.0222 e. The van der Waals surface area contributed by atoms with Crippen LogP contribution in [0.15, 0.2) is 30.3 Å². The Kier molecular flexibility index (Phi) is 15.3. The van der Waals surface area contributed by atoms with Crippen molar-refractivity contribution in [3.8, 4) is 0 Å². The van der Waals surface area contributed by atoms with Crippen molar-refractivity contribution < 1.29 is 0 Å². The lowest BCUT2D eigenvalue weighted by atomic mass is 9.72. The number of hydrogen-bond acceptors (Lipinski definition) is 0. The van der Waals surface area contributed by atoms with Gasteiger partial charge < -0.3 is 0 Å². The average molecular weight is 443 g/mol. The normalized spacial score (nSPS) is 15.1. The molecule has 0 heteroatoms. The Hall–Kier alpha value is -0.780. The summed E-state index contributed by atoms with van der Waals surface area (Å²) in [5.74, 6) is 3.58. The molecule has 0 saturated carbocycles. The number of rotatable bonds is 19. The van der Waals surface area contributed by atoms with E-state index in [-0.39, 0.29) is 0 Å². The molecule has 32 heavy (non-hydrogen) atoms. The fourth-order valence-corrected chi connectivity index (χ4v) is 5.46. The van der Waals surface area contributed by atoms with Crippen molar-refractivity contribution in [1.29, 1.82) is 0 Å². The molecule has 3 unspecified atom stereocenters. The molecule has 0 saturated heterocycles. The van der Waals surface area contributed by atoms with Crippen LogP contribution in [-0.4, -0.2) is 0 Å². The number of benzene rings is 1. The van der Waals surface area contributed by atoms with E-state index in [1.807, 2.05) is 0 Å². The highest BCUT2D eigenvalue weighted by Gasteiger charge is 2.26. The highest BCUT2D eigenvalue weighted by atomic mass is 14.3. The largest absolute Gasteiger partial charge is 0.0648 e. The summed E-state index contributed by atoms with van der Waals surface area (Å²) in [6.07, 6.45) is 19.5. The zero-order valence-electron chi connectivity index (χ0n) is 23.1. The fourth-order valence-electron chi connectivity index (χ4n) is 5.46. The monoisotopic (exact) mass is 442 g/mol. The van der Waals surface area contributed by atoms with Crippen molar-refractivity contribution in [3.05, 3.63) is 35.9 Å². The van der Waals surface area contributed by atoms with Gasteiger partial charge >= 0.3 is 0 Å². The maximum Gasteiger partial charge on any atom is -0.0222 e. The van der Waals surface area contributed by atoms with Gasteiger partial charge in [-0.05, 0) is 47.5 Å². The minimum Gasteiger partial charge on any atom is -0.0648 e. The molecule has 0 aromatic heterocycles. The topological polar surface area (TPSA) is 0 Å². The van der Waals surface area contributed by atoms with Crippen molar-refractivity contribution >= 4 is 0 Å². The van der Waals surface area contributed by atoms with Gasteiger partial charge in [-0.25, -0.2) is 0 Å². The Morgan fingerprint density at radius 2 is 1.03 bits per heavy atom. The van der Waals surface area contributed by atoms with Crippen LogP contribution in [0, 0.1) is 29.1 Å². The molecule has 0 aliphatic carbocycles. The van der Waals surface area contributed by atoms with Crippen LogP contribution in [0.2, 0.25) is 0 Å². The summed E-state index contributed by atoms with van der Waals surface area (Å²) >= 11 is 0. The highest BCUT2D eigenvalue weighted by molar-refractivity contribution is 5.16. The molecule has 1 aromatic carbocycles. The summed E-state index contributed by atoms with van der Waals surface area (Å²) in [6.45, 7) is 17.0. The molecular formula is C32H58. The van der Waals surface area contributed by atoms with E-state index in [4.69, 9.17) is 0 Å². The van der Waals surface area contributed by atoms with E-state index in [9.17, 15) is 0 Å². The molecule has 0 bridgehead atoms. The maximum absolute atomic E-state index is 2.50. The second-order valence-corrected chi connectivity index (χ2v) is 11.9. The van der Waals surface area contributed by atoms with Gasteiger partial charge in [0.05, 0.1) is 0 Å². The van der Waals surface area contributed by atoms with Crippen LogP contribution in [0.4, 0.5) is 0 Å². The van der Waals surface area contributed by atoms with E-state index in [0.717, 1.165) is 23.7 Å². The minimum atomic E-state index is 0.495. The van der Waals surface area contributed by atoms with Crippen LogP contribution in [0.25, 0.3) is 0 Å². The molecule has 186 valence electrons. The lowest BCUT2D eigenvalue weighted by molar-refractivity contribution is 0.212. The number of hydrogen-bond donors (Lipinski definition) is 0. The third-order valence-corrected chi connectivity index (χ3v) is 8.36. The summed E-state index contributed by atoms with van der Waals surface area (Å²) in [5.41, 5.74) is 2.02. The van der Waals surface area contributed by atoms with Gasteiger partial charge in [-0.1, -0.05) is 156 Å². The molecule has 1 rings (SSSR count). The van der Waals surface area contributed by atoms with Crippen molar-refractivity contribution in [2.45, 2.75) is 138 Å².